The summed E-state index contributed by atoms with van der Waals surface area (Å²) >= 11 is 2.82. The van der Waals surface area contributed by atoms with Gasteiger partial charge in [-0.25, -0.2) is 8.42 Å². The number of thiophene rings is 2. The summed E-state index contributed by atoms with van der Waals surface area (Å²) in [6, 6.07) is 5.39. The maximum absolute atomic E-state index is 12.8. The molecule has 3 rings (SSSR count). The molecule has 8 heteroatoms. The SMILES string of the molecule is CCCc1sc(C(=O)N2CCN(S(=O)(=O)c3cccs3)CC2)cc1CC. The molecule has 5 nitrogen and oxygen atoms in total. The van der Waals surface area contributed by atoms with Crippen LogP contribution < -0.4 is 0 Å². The van der Waals surface area contributed by atoms with Crippen LogP contribution in [0.25, 0.3) is 0 Å². The molecule has 0 radical (unpaired) electrons. The minimum Gasteiger partial charge on any atom is -0.335 e. The Hall–Kier alpha value is -1.22. The van der Waals surface area contributed by atoms with E-state index in [0.29, 0.717) is 30.4 Å². The van der Waals surface area contributed by atoms with Crippen LogP contribution >= 0.6 is 22.7 Å². The van der Waals surface area contributed by atoms with Gasteiger partial charge in [0.1, 0.15) is 4.21 Å². The molecule has 0 aliphatic carbocycles. The summed E-state index contributed by atoms with van der Waals surface area (Å²) < 4.78 is 27.0. The number of sulfonamides is 1. The minimum absolute atomic E-state index is 0.0280. The van der Waals surface area contributed by atoms with Crippen molar-refractivity contribution in [2.45, 2.75) is 37.3 Å². The number of hydrogen-bond donors (Lipinski definition) is 0. The van der Waals surface area contributed by atoms with E-state index in [1.165, 1.54) is 26.1 Å². The minimum atomic E-state index is -3.43. The van der Waals surface area contributed by atoms with E-state index in [1.807, 2.05) is 6.07 Å². The van der Waals surface area contributed by atoms with Crippen LogP contribution in [0.3, 0.4) is 0 Å². The van der Waals surface area contributed by atoms with Gasteiger partial charge in [0, 0.05) is 31.1 Å². The molecule has 0 atom stereocenters. The van der Waals surface area contributed by atoms with Crippen LogP contribution in [0.5, 0.6) is 0 Å². The Labute approximate surface area is 163 Å². The summed E-state index contributed by atoms with van der Waals surface area (Å²) in [5, 5.41) is 1.77. The van der Waals surface area contributed by atoms with Crippen LogP contribution in [0, 0.1) is 0 Å². The van der Waals surface area contributed by atoms with E-state index in [4.69, 9.17) is 0 Å². The highest BCUT2D eigenvalue weighted by molar-refractivity contribution is 7.91. The molecule has 1 aliphatic heterocycles. The average Bonchev–Trinajstić information content (AvgIpc) is 3.32. The molecule has 3 heterocycles. The topological polar surface area (TPSA) is 57.7 Å². The summed E-state index contributed by atoms with van der Waals surface area (Å²) in [4.78, 5) is 16.7. The van der Waals surface area contributed by atoms with Gasteiger partial charge in [0.15, 0.2) is 0 Å². The number of piperazine rings is 1. The van der Waals surface area contributed by atoms with Crippen LogP contribution in [0.2, 0.25) is 0 Å². The third-order valence-electron chi connectivity index (χ3n) is 4.58. The monoisotopic (exact) mass is 412 g/mol. The van der Waals surface area contributed by atoms with Gasteiger partial charge in [-0.3, -0.25) is 4.79 Å². The van der Waals surface area contributed by atoms with Crippen molar-refractivity contribution in [3.8, 4) is 0 Å². The lowest BCUT2D eigenvalue weighted by Gasteiger charge is -2.33. The van der Waals surface area contributed by atoms with Crippen molar-refractivity contribution in [2.75, 3.05) is 26.2 Å². The molecule has 0 N–H and O–H groups in total. The maximum atomic E-state index is 12.8. The second-order valence-corrected chi connectivity index (χ2v) is 10.5. The number of hydrogen-bond acceptors (Lipinski definition) is 5. The largest absolute Gasteiger partial charge is 0.335 e. The van der Waals surface area contributed by atoms with Gasteiger partial charge in [-0.1, -0.05) is 26.3 Å². The van der Waals surface area contributed by atoms with E-state index >= 15 is 0 Å². The number of rotatable bonds is 6. The molecule has 0 saturated carbocycles. The number of nitrogens with zero attached hydrogens (tertiary/aromatic N) is 2. The first-order valence-electron chi connectivity index (χ1n) is 8.91. The highest BCUT2D eigenvalue weighted by Gasteiger charge is 2.31. The lowest BCUT2D eigenvalue weighted by molar-refractivity contribution is 0.0703. The first-order valence-corrected chi connectivity index (χ1v) is 12.1. The Morgan fingerprint density at radius 3 is 2.50 bits per heavy atom. The van der Waals surface area contributed by atoms with Gasteiger partial charge in [0.25, 0.3) is 15.9 Å². The average molecular weight is 413 g/mol. The first kappa shape index (κ1) is 19.5. The summed E-state index contributed by atoms with van der Waals surface area (Å²) in [5.74, 6) is 0.0280. The summed E-state index contributed by atoms with van der Waals surface area (Å²) in [6.07, 6.45) is 3.01. The fourth-order valence-corrected chi connectivity index (χ4v) is 7.02. The van der Waals surface area contributed by atoms with Gasteiger partial charge in [-0.15, -0.1) is 22.7 Å². The van der Waals surface area contributed by atoms with Crippen LogP contribution in [-0.4, -0.2) is 49.7 Å². The standard InChI is InChI=1S/C18H24N2O3S3/c1-3-6-15-14(4-2)13-16(25-15)18(21)19-8-10-20(11-9-19)26(22,23)17-7-5-12-24-17/h5,7,12-13H,3-4,6,8-11H2,1-2H3. The number of aryl methyl sites for hydroxylation is 2. The molecule has 142 valence electrons. The van der Waals surface area contributed by atoms with E-state index in [0.717, 1.165) is 24.1 Å². The molecule has 0 bridgehead atoms. The van der Waals surface area contributed by atoms with E-state index in [9.17, 15) is 13.2 Å². The van der Waals surface area contributed by atoms with Gasteiger partial charge >= 0.3 is 0 Å². The fraction of sp³-hybridized carbons (Fsp3) is 0.500. The summed E-state index contributed by atoms with van der Waals surface area (Å²) in [7, 11) is -3.43. The molecule has 2 aromatic rings. The summed E-state index contributed by atoms with van der Waals surface area (Å²) in [5.41, 5.74) is 1.26. The highest BCUT2D eigenvalue weighted by atomic mass is 32.2. The van der Waals surface area contributed by atoms with Crippen LogP contribution in [0.1, 0.15) is 40.4 Å². The van der Waals surface area contributed by atoms with Gasteiger partial charge < -0.3 is 4.90 Å². The van der Waals surface area contributed by atoms with Crippen molar-refractivity contribution in [3.63, 3.8) is 0 Å². The Bertz CT molecular complexity index is 848. The van der Waals surface area contributed by atoms with Crippen molar-refractivity contribution in [1.82, 2.24) is 9.21 Å². The molecule has 2 aromatic heterocycles. The first-order chi connectivity index (χ1) is 12.5. The van der Waals surface area contributed by atoms with Crippen molar-refractivity contribution in [2.24, 2.45) is 0 Å². The molecular weight excluding hydrogens is 388 g/mol. The van der Waals surface area contributed by atoms with Crippen LogP contribution in [0.15, 0.2) is 27.8 Å². The van der Waals surface area contributed by atoms with Crippen molar-refractivity contribution in [1.29, 1.82) is 0 Å². The highest BCUT2D eigenvalue weighted by Crippen LogP contribution is 2.27. The quantitative estimate of drug-likeness (QED) is 0.730. The molecule has 26 heavy (non-hydrogen) atoms. The Morgan fingerprint density at radius 2 is 1.92 bits per heavy atom. The van der Waals surface area contributed by atoms with Crippen molar-refractivity contribution in [3.05, 3.63) is 38.9 Å². The normalized spacial score (nSPS) is 16.2. The maximum Gasteiger partial charge on any atom is 0.264 e. The predicted molar refractivity (Wildman–Crippen MR) is 107 cm³/mol. The zero-order valence-corrected chi connectivity index (χ0v) is 17.6. The molecule has 1 aliphatic rings. The molecule has 0 unspecified atom stereocenters. The smallest absolute Gasteiger partial charge is 0.264 e. The molecular formula is C18H24N2O3S3. The molecule has 0 aromatic carbocycles. The van der Waals surface area contributed by atoms with E-state index in [1.54, 1.807) is 33.7 Å². The lowest BCUT2D eigenvalue weighted by Crippen LogP contribution is -2.50. The van der Waals surface area contributed by atoms with Gasteiger partial charge in [0.05, 0.1) is 4.88 Å². The predicted octanol–water partition coefficient (Wildman–Crippen LogP) is 3.47. The van der Waals surface area contributed by atoms with E-state index in [-0.39, 0.29) is 5.91 Å². The number of carbonyl (C=O) groups is 1. The Balaban J connectivity index is 1.67. The third-order valence-corrected chi connectivity index (χ3v) is 9.08. The molecule has 1 saturated heterocycles. The van der Waals surface area contributed by atoms with Crippen molar-refractivity contribution < 1.29 is 13.2 Å². The number of carbonyl (C=O) groups excluding carboxylic acids is 1. The second-order valence-electron chi connectivity index (χ2n) is 6.29. The Kier molecular flexibility index (Phi) is 6.17. The van der Waals surface area contributed by atoms with Gasteiger partial charge in [-0.2, -0.15) is 4.31 Å². The zero-order chi connectivity index (χ0) is 18.7. The molecule has 1 fully saturated rings. The van der Waals surface area contributed by atoms with E-state index < -0.39 is 10.0 Å². The molecule has 0 spiro atoms. The number of amides is 1. The third kappa shape index (κ3) is 3.88. The summed E-state index contributed by atoms with van der Waals surface area (Å²) in [6.45, 7) is 5.83. The lowest BCUT2D eigenvalue weighted by atomic mass is 10.1. The van der Waals surface area contributed by atoms with Crippen LogP contribution in [0.4, 0.5) is 0 Å². The van der Waals surface area contributed by atoms with Gasteiger partial charge in [-0.05, 0) is 35.9 Å². The second kappa shape index (κ2) is 8.21. The van der Waals surface area contributed by atoms with Gasteiger partial charge in [0.2, 0.25) is 0 Å². The molecule has 1 amide bonds. The zero-order valence-electron chi connectivity index (χ0n) is 15.1. The Morgan fingerprint density at radius 1 is 1.19 bits per heavy atom. The fourth-order valence-electron chi connectivity index (χ4n) is 3.13. The van der Waals surface area contributed by atoms with E-state index in [2.05, 4.69) is 13.8 Å². The van der Waals surface area contributed by atoms with Crippen molar-refractivity contribution >= 4 is 38.6 Å². The van der Waals surface area contributed by atoms with Crippen LogP contribution in [-0.2, 0) is 22.9 Å².